The maximum Gasteiger partial charge on any atom is 0.287 e. The first-order valence-electron chi connectivity index (χ1n) is 6.21. The highest BCUT2D eigenvalue weighted by Crippen LogP contribution is 2.12. The van der Waals surface area contributed by atoms with Crippen molar-refractivity contribution in [3.63, 3.8) is 0 Å². The number of hydrogen-bond acceptors (Lipinski definition) is 4. The number of carbonyl (C=O) groups is 1. The van der Waals surface area contributed by atoms with Crippen molar-refractivity contribution in [1.82, 2.24) is 10.3 Å². The fourth-order valence-corrected chi connectivity index (χ4v) is 1.68. The van der Waals surface area contributed by atoms with Gasteiger partial charge in [-0.3, -0.25) is 14.9 Å². The van der Waals surface area contributed by atoms with Gasteiger partial charge < -0.3 is 5.32 Å². The van der Waals surface area contributed by atoms with E-state index in [1.165, 1.54) is 12.3 Å². The van der Waals surface area contributed by atoms with E-state index in [9.17, 15) is 14.9 Å². The van der Waals surface area contributed by atoms with Gasteiger partial charge in [0.05, 0.1) is 10.6 Å². The normalized spacial score (nSPS) is 10.5. The molecule has 1 N–H and O–H groups in total. The minimum absolute atomic E-state index is 0.0397. The SMILES string of the molecule is CNC(=O)c1ccc(/C=C/c2ccc([N+](=O)[O-])cn2)cc1. The number of nitrogens with one attached hydrogen (secondary N) is 1. The molecule has 2 rings (SSSR count). The first-order valence-corrected chi connectivity index (χ1v) is 6.21. The molecule has 0 aliphatic rings. The minimum atomic E-state index is -0.488. The van der Waals surface area contributed by atoms with Crippen molar-refractivity contribution in [2.24, 2.45) is 0 Å². The Morgan fingerprint density at radius 2 is 1.90 bits per heavy atom. The van der Waals surface area contributed by atoms with E-state index in [0.29, 0.717) is 11.3 Å². The van der Waals surface area contributed by atoms with Gasteiger partial charge in [-0.25, -0.2) is 4.98 Å². The highest BCUT2D eigenvalue weighted by molar-refractivity contribution is 5.94. The van der Waals surface area contributed by atoms with Crippen molar-refractivity contribution in [1.29, 1.82) is 0 Å². The molecule has 0 atom stereocenters. The number of benzene rings is 1. The van der Waals surface area contributed by atoms with Gasteiger partial charge in [-0.05, 0) is 29.8 Å². The molecule has 1 amide bonds. The zero-order chi connectivity index (χ0) is 15.2. The minimum Gasteiger partial charge on any atom is -0.355 e. The molecule has 0 aliphatic heterocycles. The van der Waals surface area contributed by atoms with E-state index < -0.39 is 4.92 Å². The molecule has 0 bridgehead atoms. The quantitative estimate of drug-likeness (QED) is 0.690. The smallest absolute Gasteiger partial charge is 0.287 e. The number of nitro groups is 1. The Kier molecular flexibility index (Phi) is 4.40. The molecular formula is C15H13N3O3. The lowest BCUT2D eigenvalue weighted by molar-refractivity contribution is -0.385. The monoisotopic (exact) mass is 283 g/mol. The predicted molar refractivity (Wildman–Crippen MR) is 79.7 cm³/mol. The van der Waals surface area contributed by atoms with E-state index in [-0.39, 0.29) is 11.6 Å². The molecule has 6 heteroatoms. The lowest BCUT2D eigenvalue weighted by atomic mass is 10.1. The zero-order valence-corrected chi connectivity index (χ0v) is 11.3. The van der Waals surface area contributed by atoms with Crippen LogP contribution in [0.5, 0.6) is 0 Å². The van der Waals surface area contributed by atoms with E-state index in [2.05, 4.69) is 10.3 Å². The van der Waals surface area contributed by atoms with Gasteiger partial charge in [0.15, 0.2) is 0 Å². The second-order valence-corrected chi connectivity index (χ2v) is 4.23. The summed E-state index contributed by atoms with van der Waals surface area (Å²) in [6.07, 6.45) is 4.79. The molecule has 1 heterocycles. The third kappa shape index (κ3) is 3.73. The average Bonchev–Trinajstić information content (AvgIpc) is 2.53. The maximum absolute atomic E-state index is 11.4. The topological polar surface area (TPSA) is 85.1 Å². The lowest BCUT2D eigenvalue weighted by Crippen LogP contribution is -2.17. The van der Waals surface area contributed by atoms with Gasteiger partial charge in [0.25, 0.3) is 11.6 Å². The van der Waals surface area contributed by atoms with Crippen LogP contribution >= 0.6 is 0 Å². The van der Waals surface area contributed by atoms with Crippen LogP contribution in [-0.2, 0) is 0 Å². The van der Waals surface area contributed by atoms with Crippen molar-refractivity contribution in [2.45, 2.75) is 0 Å². The van der Waals surface area contributed by atoms with Crippen LogP contribution < -0.4 is 5.32 Å². The molecule has 1 aromatic heterocycles. The van der Waals surface area contributed by atoms with Gasteiger partial charge in [0.1, 0.15) is 6.20 Å². The van der Waals surface area contributed by atoms with E-state index in [1.54, 1.807) is 31.3 Å². The Hall–Kier alpha value is -3.02. The Balaban J connectivity index is 2.10. The van der Waals surface area contributed by atoms with Gasteiger partial charge in [0.2, 0.25) is 0 Å². The van der Waals surface area contributed by atoms with Crippen molar-refractivity contribution in [3.8, 4) is 0 Å². The summed E-state index contributed by atoms with van der Waals surface area (Å²) in [7, 11) is 1.58. The third-order valence-corrected chi connectivity index (χ3v) is 2.83. The maximum atomic E-state index is 11.4. The van der Waals surface area contributed by atoms with Crippen LogP contribution in [0.1, 0.15) is 21.6 Å². The first kappa shape index (κ1) is 14.4. The van der Waals surface area contributed by atoms with Crippen molar-refractivity contribution in [2.75, 3.05) is 7.05 Å². The van der Waals surface area contributed by atoms with Gasteiger partial charge in [-0.2, -0.15) is 0 Å². The van der Waals surface area contributed by atoms with E-state index >= 15 is 0 Å². The summed E-state index contributed by atoms with van der Waals surface area (Å²) in [5.74, 6) is -0.137. The molecule has 6 nitrogen and oxygen atoms in total. The Morgan fingerprint density at radius 1 is 1.19 bits per heavy atom. The van der Waals surface area contributed by atoms with Crippen LogP contribution in [0.3, 0.4) is 0 Å². The van der Waals surface area contributed by atoms with E-state index in [1.807, 2.05) is 18.2 Å². The van der Waals surface area contributed by atoms with Crippen molar-refractivity contribution in [3.05, 3.63) is 69.5 Å². The molecular weight excluding hydrogens is 270 g/mol. The molecule has 0 saturated carbocycles. The number of rotatable bonds is 4. The summed E-state index contributed by atoms with van der Waals surface area (Å²) in [5, 5.41) is 13.1. The second-order valence-electron chi connectivity index (χ2n) is 4.23. The van der Waals surface area contributed by atoms with Crippen LogP contribution in [0.15, 0.2) is 42.6 Å². The highest BCUT2D eigenvalue weighted by Gasteiger charge is 2.04. The summed E-state index contributed by atoms with van der Waals surface area (Å²) >= 11 is 0. The van der Waals surface area contributed by atoms with Gasteiger partial charge >= 0.3 is 0 Å². The molecule has 21 heavy (non-hydrogen) atoms. The Labute approximate surface area is 121 Å². The van der Waals surface area contributed by atoms with Crippen LogP contribution in [0.2, 0.25) is 0 Å². The summed E-state index contributed by atoms with van der Waals surface area (Å²) in [6.45, 7) is 0. The third-order valence-electron chi connectivity index (χ3n) is 2.83. The number of carbonyl (C=O) groups excluding carboxylic acids is 1. The summed E-state index contributed by atoms with van der Waals surface area (Å²) in [6, 6.07) is 10.1. The first-order chi connectivity index (χ1) is 10.1. The number of amides is 1. The molecule has 1 aromatic carbocycles. The Bertz CT molecular complexity index is 676. The molecule has 106 valence electrons. The van der Waals surface area contributed by atoms with Crippen LogP contribution in [0, 0.1) is 10.1 Å². The van der Waals surface area contributed by atoms with Crippen LogP contribution in [-0.4, -0.2) is 22.9 Å². The van der Waals surface area contributed by atoms with Gasteiger partial charge in [0, 0.05) is 18.7 Å². The van der Waals surface area contributed by atoms with Gasteiger partial charge in [-0.15, -0.1) is 0 Å². The number of hydrogen-bond donors (Lipinski definition) is 1. The fraction of sp³-hybridized carbons (Fsp3) is 0.0667. The average molecular weight is 283 g/mol. The van der Waals surface area contributed by atoms with Crippen LogP contribution in [0.25, 0.3) is 12.2 Å². The largest absolute Gasteiger partial charge is 0.355 e. The van der Waals surface area contributed by atoms with E-state index in [0.717, 1.165) is 5.56 Å². The molecule has 0 unspecified atom stereocenters. The predicted octanol–water partition coefficient (Wildman–Crippen LogP) is 2.52. The van der Waals surface area contributed by atoms with Crippen molar-refractivity contribution >= 4 is 23.7 Å². The summed E-state index contributed by atoms with van der Waals surface area (Å²) < 4.78 is 0. The zero-order valence-electron chi connectivity index (χ0n) is 11.3. The summed E-state index contributed by atoms with van der Waals surface area (Å²) in [4.78, 5) is 25.4. The standard InChI is InChI=1S/C15H13N3O3/c1-16-15(19)12-5-2-11(3-6-12)4-7-13-8-9-14(10-17-13)18(20)21/h2-10H,1H3,(H,16,19)/b7-4+. The Morgan fingerprint density at radius 3 is 2.43 bits per heavy atom. The fourth-order valence-electron chi connectivity index (χ4n) is 1.68. The van der Waals surface area contributed by atoms with Crippen LogP contribution in [0.4, 0.5) is 5.69 Å². The number of nitrogens with zero attached hydrogens (tertiary/aromatic N) is 2. The lowest BCUT2D eigenvalue weighted by Gasteiger charge is -2.00. The molecule has 0 spiro atoms. The molecule has 2 aromatic rings. The second kappa shape index (κ2) is 6.42. The molecule has 0 aliphatic carbocycles. The number of pyridine rings is 1. The van der Waals surface area contributed by atoms with Crippen molar-refractivity contribution < 1.29 is 9.72 Å². The van der Waals surface area contributed by atoms with E-state index in [4.69, 9.17) is 0 Å². The molecule has 0 radical (unpaired) electrons. The molecule has 0 fully saturated rings. The summed E-state index contributed by atoms with van der Waals surface area (Å²) in [5.41, 5.74) is 2.07. The molecule has 0 saturated heterocycles. The number of aromatic nitrogens is 1. The highest BCUT2D eigenvalue weighted by atomic mass is 16.6. The van der Waals surface area contributed by atoms with Gasteiger partial charge in [-0.1, -0.05) is 18.2 Å².